The van der Waals surface area contributed by atoms with E-state index in [0.29, 0.717) is 5.92 Å². The van der Waals surface area contributed by atoms with Crippen LogP contribution in [-0.2, 0) is 0 Å². The Morgan fingerprint density at radius 1 is 0.870 bits per heavy atom. The van der Waals surface area contributed by atoms with Crippen molar-refractivity contribution < 1.29 is 0 Å². The van der Waals surface area contributed by atoms with E-state index in [1.807, 2.05) is 0 Å². The van der Waals surface area contributed by atoms with Crippen LogP contribution in [0.25, 0.3) is 0 Å². The summed E-state index contributed by atoms with van der Waals surface area (Å²) >= 11 is 0. The summed E-state index contributed by atoms with van der Waals surface area (Å²) in [7, 11) is -1.36. The van der Waals surface area contributed by atoms with Crippen LogP contribution in [-0.4, -0.2) is 8.07 Å². The molecule has 114 valence electrons. The number of fused-ring (bicyclic) bond motifs is 1. The molecule has 1 heterocycles. The largest absolute Gasteiger partial charge is 0.145 e. The average Bonchev–Trinajstić information content (AvgIpc) is 2.90. The fourth-order valence-corrected chi connectivity index (χ4v) is 6.40. The molecule has 0 aromatic heterocycles. The second-order valence-electron chi connectivity index (χ2n) is 7.33. The first kappa shape index (κ1) is 14.6. The monoisotopic (exact) mass is 315 g/mol. The van der Waals surface area contributed by atoms with Crippen LogP contribution >= 0.6 is 0 Å². The van der Waals surface area contributed by atoms with Gasteiger partial charge in [0.1, 0.15) is 8.07 Å². The zero-order valence-electron chi connectivity index (χ0n) is 13.9. The van der Waals surface area contributed by atoms with Gasteiger partial charge in [-0.25, -0.2) is 0 Å². The van der Waals surface area contributed by atoms with Gasteiger partial charge in [0.15, 0.2) is 0 Å². The normalized spacial score (nSPS) is 22.3. The van der Waals surface area contributed by atoms with E-state index in [0.717, 1.165) is 0 Å². The Labute approximate surface area is 140 Å². The van der Waals surface area contributed by atoms with Crippen molar-refractivity contribution >= 4 is 8.07 Å². The SMILES string of the molecule is C[Si]1(C)C=C2C(=C1)C(c1ccccc1)CC[C+]2c1ccccc1. The molecule has 1 atom stereocenters. The second kappa shape index (κ2) is 5.57. The highest BCUT2D eigenvalue weighted by Gasteiger charge is 2.43. The van der Waals surface area contributed by atoms with Crippen molar-refractivity contribution in [3.63, 3.8) is 0 Å². The first-order valence-corrected chi connectivity index (χ1v) is 11.7. The van der Waals surface area contributed by atoms with Gasteiger partial charge in [0.25, 0.3) is 0 Å². The molecule has 0 amide bonds. The first-order chi connectivity index (χ1) is 11.1. The van der Waals surface area contributed by atoms with Crippen molar-refractivity contribution in [1.82, 2.24) is 0 Å². The molecular formula is C22H23Si+. The molecule has 1 fully saturated rings. The lowest BCUT2D eigenvalue weighted by Crippen LogP contribution is -2.17. The minimum atomic E-state index is -1.36. The fourth-order valence-electron chi connectivity index (χ4n) is 4.07. The lowest BCUT2D eigenvalue weighted by Gasteiger charge is -2.28. The first-order valence-electron chi connectivity index (χ1n) is 8.57. The van der Waals surface area contributed by atoms with Gasteiger partial charge in [-0.3, -0.25) is 0 Å². The maximum absolute atomic E-state index is 2.63. The predicted octanol–water partition coefficient (Wildman–Crippen LogP) is 5.84. The van der Waals surface area contributed by atoms with Gasteiger partial charge < -0.3 is 0 Å². The van der Waals surface area contributed by atoms with Crippen molar-refractivity contribution in [2.75, 3.05) is 0 Å². The molecule has 1 aliphatic carbocycles. The van der Waals surface area contributed by atoms with Crippen LogP contribution in [0.1, 0.15) is 29.9 Å². The van der Waals surface area contributed by atoms with Crippen LogP contribution in [0.3, 0.4) is 0 Å². The number of benzene rings is 2. The molecule has 0 nitrogen and oxygen atoms in total. The lowest BCUT2D eigenvalue weighted by molar-refractivity contribution is 0.642. The van der Waals surface area contributed by atoms with Gasteiger partial charge in [0.2, 0.25) is 0 Å². The summed E-state index contributed by atoms with van der Waals surface area (Å²) < 4.78 is 0. The van der Waals surface area contributed by atoms with Gasteiger partial charge in [-0.2, -0.15) is 0 Å². The summed E-state index contributed by atoms with van der Waals surface area (Å²) in [6, 6.07) is 22.0. The molecule has 0 bridgehead atoms. The Hall–Kier alpha value is -1.99. The summed E-state index contributed by atoms with van der Waals surface area (Å²) in [5, 5.41) is 0. The van der Waals surface area contributed by atoms with E-state index < -0.39 is 8.07 Å². The Morgan fingerprint density at radius 3 is 2.22 bits per heavy atom. The molecule has 4 rings (SSSR count). The van der Waals surface area contributed by atoms with Crippen molar-refractivity contribution in [2.45, 2.75) is 31.9 Å². The van der Waals surface area contributed by atoms with Crippen LogP contribution < -0.4 is 0 Å². The molecule has 2 aliphatic rings. The molecule has 0 spiro atoms. The van der Waals surface area contributed by atoms with Gasteiger partial charge in [-0.15, -0.1) is 0 Å². The van der Waals surface area contributed by atoms with Crippen molar-refractivity contribution in [1.29, 1.82) is 0 Å². The van der Waals surface area contributed by atoms with E-state index in [2.05, 4.69) is 85.2 Å². The maximum Gasteiger partial charge on any atom is 0.145 e. The van der Waals surface area contributed by atoms with E-state index >= 15 is 0 Å². The average molecular weight is 316 g/mol. The highest BCUT2D eigenvalue weighted by atomic mass is 28.3. The quantitative estimate of drug-likeness (QED) is 0.482. The van der Waals surface area contributed by atoms with Crippen LogP contribution in [0.2, 0.25) is 13.1 Å². The predicted molar refractivity (Wildman–Crippen MR) is 101 cm³/mol. The summed E-state index contributed by atoms with van der Waals surface area (Å²) in [6.07, 6.45) is 2.40. The number of allylic oxidation sites excluding steroid dienone is 2. The number of hydrogen-bond acceptors (Lipinski definition) is 0. The molecule has 23 heavy (non-hydrogen) atoms. The van der Waals surface area contributed by atoms with E-state index in [9.17, 15) is 0 Å². The third kappa shape index (κ3) is 2.70. The van der Waals surface area contributed by atoms with Gasteiger partial charge in [-0.05, 0) is 41.6 Å². The molecule has 0 radical (unpaired) electrons. The van der Waals surface area contributed by atoms with E-state index in [4.69, 9.17) is 0 Å². The summed E-state index contributed by atoms with van der Waals surface area (Å²) in [6.45, 7) is 4.91. The molecular weight excluding hydrogens is 292 g/mol. The standard InChI is InChI=1S/C22H23Si/c1-23(2)15-21-19(17-9-5-3-6-10-17)13-14-20(22(21)16-23)18-11-7-4-8-12-18/h3-12,15-16,19H,13-14H2,1-2H3/q+1. The Morgan fingerprint density at radius 2 is 1.52 bits per heavy atom. The van der Waals surface area contributed by atoms with Gasteiger partial charge in [-0.1, -0.05) is 43.4 Å². The van der Waals surface area contributed by atoms with Crippen LogP contribution in [0.15, 0.2) is 83.2 Å². The molecule has 1 aliphatic heterocycles. The molecule has 0 N–H and O–H groups in total. The second-order valence-corrected chi connectivity index (χ2v) is 11.5. The van der Waals surface area contributed by atoms with Crippen molar-refractivity contribution in [3.05, 3.63) is 100 Å². The number of rotatable bonds is 2. The van der Waals surface area contributed by atoms with E-state index in [1.165, 1.54) is 24.0 Å². The highest BCUT2D eigenvalue weighted by Crippen LogP contribution is 2.50. The van der Waals surface area contributed by atoms with Crippen LogP contribution in [0.5, 0.6) is 0 Å². The van der Waals surface area contributed by atoms with Gasteiger partial charge in [0, 0.05) is 36.0 Å². The molecule has 2 aromatic carbocycles. The zero-order chi connectivity index (χ0) is 15.9. The summed E-state index contributed by atoms with van der Waals surface area (Å²) in [5.74, 6) is 2.13. The third-order valence-electron chi connectivity index (χ3n) is 5.06. The zero-order valence-corrected chi connectivity index (χ0v) is 14.9. The molecule has 1 heteroatoms. The van der Waals surface area contributed by atoms with Gasteiger partial charge in [0.05, 0.1) is 11.1 Å². The molecule has 1 saturated carbocycles. The lowest BCUT2D eigenvalue weighted by atomic mass is 9.71. The molecule has 1 unspecified atom stereocenters. The van der Waals surface area contributed by atoms with E-state index in [1.54, 1.807) is 17.1 Å². The topological polar surface area (TPSA) is 0 Å². The van der Waals surface area contributed by atoms with E-state index in [-0.39, 0.29) is 0 Å². The summed E-state index contributed by atoms with van der Waals surface area (Å²) in [5.41, 5.74) is 11.3. The molecule has 2 aromatic rings. The minimum absolute atomic E-state index is 0.573. The third-order valence-corrected chi connectivity index (χ3v) is 7.15. The molecule has 0 saturated heterocycles. The Kier molecular flexibility index (Phi) is 3.54. The van der Waals surface area contributed by atoms with Crippen molar-refractivity contribution in [3.8, 4) is 0 Å². The maximum atomic E-state index is 2.63. The number of hydrogen-bond donors (Lipinski definition) is 0. The van der Waals surface area contributed by atoms with Gasteiger partial charge >= 0.3 is 0 Å². The fraction of sp³-hybridized carbons (Fsp3) is 0.227. The summed E-state index contributed by atoms with van der Waals surface area (Å²) in [4.78, 5) is 0. The smallest absolute Gasteiger partial charge is 0.0622 e. The Bertz CT molecular complexity index is 688. The highest BCUT2D eigenvalue weighted by molar-refractivity contribution is 6.88. The van der Waals surface area contributed by atoms with Crippen LogP contribution in [0.4, 0.5) is 0 Å². The van der Waals surface area contributed by atoms with Crippen molar-refractivity contribution in [2.24, 2.45) is 0 Å². The minimum Gasteiger partial charge on any atom is -0.0622 e. The Balaban J connectivity index is 1.76. The van der Waals surface area contributed by atoms with Crippen LogP contribution in [0, 0.1) is 5.92 Å².